The molecule has 0 atom stereocenters. The van der Waals surface area contributed by atoms with Crippen LogP contribution < -0.4 is 4.90 Å². The monoisotopic (exact) mass is 293 g/mol. The van der Waals surface area contributed by atoms with Crippen molar-refractivity contribution in [3.05, 3.63) is 63.6 Å². The normalized spacial score (nSPS) is 10.3. The number of hydrogen-bond acceptors (Lipinski definition) is 2. The van der Waals surface area contributed by atoms with Gasteiger partial charge in [0.25, 0.3) is 0 Å². The van der Waals surface area contributed by atoms with E-state index in [1.165, 1.54) is 0 Å². The molecule has 0 amide bonds. The van der Waals surface area contributed by atoms with E-state index in [0.29, 0.717) is 22.2 Å². The summed E-state index contributed by atoms with van der Waals surface area (Å²) < 4.78 is 0. The molecule has 0 aliphatic rings. The average molecular weight is 294 g/mol. The first-order valence-corrected chi connectivity index (χ1v) is 6.56. The second-order valence-corrected chi connectivity index (χ2v) is 5.18. The summed E-state index contributed by atoms with van der Waals surface area (Å²) in [6.45, 7) is 0.679. The van der Waals surface area contributed by atoms with E-state index < -0.39 is 0 Å². The molecule has 4 heteroatoms. The van der Waals surface area contributed by atoms with Gasteiger partial charge in [0, 0.05) is 34.9 Å². The summed E-state index contributed by atoms with van der Waals surface area (Å²) in [5, 5.41) is 1.33. The molecule has 0 spiro atoms. The largest absolute Gasteiger partial charge is 0.370 e. The molecule has 0 aliphatic heterocycles. The molecule has 0 bridgehead atoms. The summed E-state index contributed by atoms with van der Waals surface area (Å²) in [6.07, 6.45) is 0.837. The van der Waals surface area contributed by atoms with Gasteiger partial charge in [0.1, 0.15) is 0 Å². The van der Waals surface area contributed by atoms with Crippen LogP contribution in [0.4, 0.5) is 5.69 Å². The first-order valence-electron chi connectivity index (χ1n) is 5.80. The maximum atomic E-state index is 11.1. The Morgan fingerprint density at radius 2 is 1.68 bits per heavy atom. The third kappa shape index (κ3) is 3.49. The summed E-state index contributed by atoms with van der Waals surface area (Å²) in [4.78, 5) is 13.0. The molecule has 0 saturated carbocycles. The molecule has 2 rings (SSSR count). The standard InChI is InChI=1S/C15H13Cl2NO/c1-18(9-11-2-5-13(16)6-3-11)15-8-14(17)7-4-12(15)10-19/h2-8,10H,9H2,1H3. The SMILES string of the molecule is CN(Cc1ccc(Cl)cc1)c1cc(Cl)ccc1C=O. The lowest BCUT2D eigenvalue weighted by molar-refractivity contribution is 0.112. The summed E-state index contributed by atoms with van der Waals surface area (Å²) in [6, 6.07) is 12.9. The van der Waals surface area contributed by atoms with Crippen molar-refractivity contribution in [2.45, 2.75) is 6.54 Å². The first kappa shape index (κ1) is 13.9. The highest BCUT2D eigenvalue weighted by atomic mass is 35.5. The average Bonchev–Trinajstić information content (AvgIpc) is 2.41. The van der Waals surface area contributed by atoms with Gasteiger partial charge >= 0.3 is 0 Å². The Morgan fingerprint density at radius 1 is 1.05 bits per heavy atom. The number of carbonyl (C=O) groups is 1. The molecule has 0 aliphatic carbocycles. The minimum Gasteiger partial charge on any atom is -0.370 e. The van der Waals surface area contributed by atoms with Crippen molar-refractivity contribution in [2.75, 3.05) is 11.9 Å². The highest BCUT2D eigenvalue weighted by Crippen LogP contribution is 2.24. The van der Waals surface area contributed by atoms with Gasteiger partial charge in [-0.25, -0.2) is 0 Å². The number of anilines is 1. The van der Waals surface area contributed by atoms with E-state index >= 15 is 0 Å². The van der Waals surface area contributed by atoms with Gasteiger partial charge in [-0.3, -0.25) is 4.79 Å². The van der Waals surface area contributed by atoms with Crippen molar-refractivity contribution in [3.8, 4) is 0 Å². The Kier molecular flexibility index (Phi) is 4.46. The molecule has 0 N–H and O–H groups in total. The van der Waals surface area contributed by atoms with E-state index in [0.717, 1.165) is 17.5 Å². The van der Waals surface area contributed by atoms with E-state index in [9.17, 15) is 4.79 Å². The number of carbonyl (C=O) groups excluding carboxylic acids is 1. The van der Waals surface area contributed by atoms with Crippen molar-refractivity contribution < 1.29 is 4.79 Å². The number of halogens is 2. The lowest BCUT2D eigenvalue weighted by Gasteiger charge is -2.21. The van der Waals surface area contributed by atoms with E-state index in [-0.39, 0.29) is 0 Å². The van der Waals surface area contributed by atoms with Gasteiger partial charge in [-0.2, -0.15) is 0 Å². The summed E-state index contributed by atoms with van der Waals surface area (Å²) in [5.74, 6) is 0. The third-order valence-electron chi connectivity index (χ3n) is 2.86. The zero-order chi connectivity index (χ0) is 13.8. The Morgan fingerprint density at radius 3 is 2.32 bits per heavy atom. The lowest BCUT2D eigenvalue weighted by atomic mass is 10.1. The smallest absolute Gasteiger partial charge is 0.152 e. The number of rotatable bonds is 4. The topological polar surface area (TPSA) is 20.3 Å². The molecule has 2 aromatic rings. The van der Waals surface area contributed by atoms with Gasteiger partial charge < -0.3 is 4.90 Å². The molecule has 0 fully saturated rings. The molecule has 2 nitrogen and oxygen atoms in total. The second kappa shape index (κ2) is 6.09. The quantitative estimate of drug-likeness (QED) is 0.777. The number of aldehydes is 1. The van der Waals surface area contributed by atoms with Crippen LogP contribution >= 0.6 is 23.2 Å². The van der Waals surface area contributed by atoms with Crippen LogP contribution in [0.5, 0.6) is 0 Å². The van der Waals surface area contributed by atoms with Gasteiger partial charge in [0.05, 0.1) is 0 Å². The molecule has 0 radical (unpaired) electrons. The summed E-state index contributed by atoms with van der Waals surface area (Å²) >= 11 is 11.8. The van der Waals surface area contributed by atoms with Crippen LogP contribution in [0.2, 0.25) is 10.0 Å². The van der Waals surface area contributed by atoms with Gasteiger partial charge in [0.2, 0.25) is 0 Å². The Balaban J connectivity index is 2.24. The van der Waals surface area contributed by atoms with Crippen molar-refractivity contribution >= 4 is 35.2 Å². The van der Waals surface area contributed by atoms with Crippen LogP contribution in [0.15, 0.2) is 42.5 Å². The van der Waals surface area contributed by atoms with Crippen molar-refractivity contribution in [3.63, 3.8) is 0 Å². The molecule has 0 heterocycles. The molecule has 19 heavy (non-hydrogen) atoms. The maximum Gasteiger partial charge on any atom is 0.152 e. The predicted molar refractivity (Wildman–Crippen MR) is 80.4 cm³/mol. The Hall–Kier alpha value is -1.51. The van der Waals surface area contributed by atoms with Gasteiger partial charge in [0.15, 0.2) is 6.29 Å². The molecule has 98 valence electrons. The van der Waals surface area contributed by atoms with Crippen molar-refractivity contribution in [1.29, 1.82) is 0 Å². The van der Waals surface area contributed by atoms with Crippen LogP contribution in [0, 0.1) is 0 Å². The highest BCUT2D eigenvalue weighted by Gasteiger charge is 2.08. The molecule has 0 saturated heterocycles. The number of hydrogen-bond donors (Lipinski definition) is 0. The minimum atomic E-state index is 0.614. The van der Waals surface area contributed by atoms with Crippen LogP contribution in [0.25, 0.3) is 0 Å². The first-order chi connectivity index (χ1) is 9.10. The van der Waals surface area contributed by atoms with Gasteiger partial charge in [-0.05, 0) is 35.9 Å². The lowest BCUT2D eigenvalue weighted by Crippen LogP contribution is -2.17. The van der Waals surface area contributed by atoms with Gasteiger partial charge in [-0.1, -0.05) is 35.3 Å². The fourth-order valence-corrected chi connectivity index (χ4v) is 2.19. The Labute approximate surface area is 122 Å². The van der Waals surface area contributed by atoms with Crippen LogP contribution in [-0.2, 0) is 6.54 Å². The molecular weight excluding hydrogens is 281 g/mol. The highest BCUT2D eigenvalue weighted by molar-refractivity contribution is 6.31. The molecule has 0 unspecified atom stereocenters. The predicted octanol–water partition coefficient (Wildman–Crippen LogP) is 4.44. The second-order valence-electron chi connectivity index (χ2n) is 4.30. The van der Waals surface area contributed by atoms with Gasteiger partial charge in [-0.15, -0.1) is 0 Å². The van der Waals surface area contributed by atoms with Crippen LogP contribution in [0.1, 0.15) is 15.9 Å². The van der Waals surface area contributed by atoms with Crippen molar-refractivity contribution in [2.24, 2.45) is 0 Å². The summed E-state index contributed by atoms with van der Waals surface area (Å²) in [7, 11) is 1.92. The van der Waals surface area contributed by atoms with Crippen molar-refractivity contribution in [1.82, 2.24) is 0 Å². The Bertz CT molecular complexity index is 581. The number of benzene rings is 2. The fraction of sp³-hybridized carbons (Fsp3) is 0.133. The van der Waals surface area contributed by atoms with E-state index in [1.807, 2.05) is 36.2 Å². The fourth-order valence-electron chi connectivity index (χ4n) is 1.90. The van der Waals surface area contributed by atoms with Crippen LogP contribution in [-0.4, -0.2) is 13.3 Å². The zero-order valence-electron chi connectivity index (χ0n) is 10.4. The van der Waals surface area contributed by atoms with E-state index in [1.54, 1.807) is 18.2 Å². The van der Waals surface area contributed by atoms with E-state index in [2.05, 4.69) is 0 Å². The maximum absolute atomic E-state index is 11.1. The third-order valence-corrected chi connectivity index (χ3v) is 3.35. The zero-order valence-corrected chi connectivity index (χ0v) is 11.9. The molecule has 0 aromatic heterocycles. The summed E-state index contributed by atoms with van der Waals surface area (Å²) in [5.41, 5.74) is 2.56. The molecular formula is C15H13Cl2NO. The minimum absolute atomic E-state index is 0.614. The van der Waals surface area contributed by atoms with E-state index in [4.69, 9.17) is 23.2 Å². The molecule has 2 aromatic carbocycles. The van der Waals surface area contributed by atoms with Crippen LogP contribution in [0.3, 0.4) is 0 Å². The number of nitrogens with zero attached hydrogens (tertiary/aromatic N) is 1.